The molecule has 1 saturated heterocycles. The van der Waals surface area contributed by atoms with E-state index < -0.39 is 17.9 Å². The van der Waals surface area contributed by atoms with Crippen molar-refractivity contribution in [2.24, 2.45) is 0 Å². The second kappa shape index (κ2) is 9.17. The molecule has 26 heavy (non-hydrogen) atoms. The van der Waals surface area contributed by atoms with Crippen LogP contribution in [0.2, 0.25) is 0 Å². The van der Waals surface area contributed by atoms with Gasteiger partial charge in [-0.05, 0) is 56.5 Å². The number of rotatable bonds is 7. The Labute approximate surface area is 152 Å². The maximum absolute atomic E-state index is 12.0. The largest absolute Gasteiger partial charge is 0.490 e. The Morgan fingerprint density at radius 1 is 1.31 bits per heavy atom. The third-order valence-electron chi connectivity index (χ3n) is 4.04. The number of allylic oxidation sites excluding steroid dienone is 1. The quantitative estimate of drug-likeness (QED) is 0.392. The van der Waals surface area contributed by atoms with Gasteiger partial charge in [-0.25, -0.2) is 5.06 Å². The fourth-order valence-corrected chi connectivity index (χ4v) is 2.37. The fraction of sp³-hybridized carbons (Fsp3) is 0.368. The molecule has 0 saturated carbocycles. The first kappa shape index (κ1) is 19.7. The van der Waals surface area contributed by atoms with E-state index in [0.717, 1.165) is 18.4 Å². The molecule has 1 aromatic rings. The molecule has 0 radical (unpaired) electrons. The molecule has 0 bridgehead atoms. The highest BCUT2D eigenvalue weighted by Crippen LogP contribution is 2.17. The third kappa shape index (κ3) is 5.18. The summed E-state index contributed by atoms with van der Waals surface area (Å²) in [5.41, 5.74) is 1.88. The van der Waals surface area contributed by atoms with Crippen molar-refractivity contribution >= 4 is 17.9 Å². The van der Waals surface area contributed by atoms with Crippen molar-refractivity contribution in [2.75, 3.05) is 13.2 Å². The van der Waals surface area contributed by atoms with Gasteiger partial charge in [0.25, 0.3) is 5.91 Å². The molecule has 7 nitrogen and oxygen atoms in total. The van der Waals surface area contributed by atoms with Crippen LogP contribution in [0.3, 0.4) is 0 Å². The number of benzene rings is 1. The van der Waals surface area contributed by atoms with Crippen molar-refractivity contribution in [1.82, 2.24) is 10.4 Å². The minimum absolute atomic E-state index is 0.0201. The highest BCUT2D eigenvalue weighted by atomic mass is 16.5. The van der Waals surface area contributed by atoms with E-state index in [-0.39, 0.29) is 12.3 Å². The van der Waals surface area contributed by atoms with Crippen LogP contribution in [0.5, 0.6) is 5.75 Å². The predicted molar refractivity (Wildman–Crippen MR) is 96.2 cm³/mol. The van der Waals surface area contributed by atoms with E-state index in [1.807, 2.05) is 13.0 Å². The number of aliphatic hydroxyl groups is 1. The lowest BCUT2D eigenvalue weighted by atomic mass is 10.1. The van der Waals surface area contributed by atoms with Gasteiger partial charge < -0.3 is 15.2 Å². The molecule has 7 heteroatoms. The monoisotopic (exact) mass is 360 g/mol. The van der Waals surface area contributed by atoms with E-state index in [1.165, 1.54) is 13.0 Å². The summed E-state index contributed by atoms with van der Waals surface area (Å²) in [7, 11) is 0. The second-order valence-electron chi connectivity index (χ2n) is 6.13. The summed E-state index contributed by atoms with van der Waals surface area (Å²) >= 11 is 0. The van der Waals surface area contributed by atoms with E-state index in [2.05, 4.69) is 5.32 Å². The molecule has 0 aromatic heterocycles. The van der Waals surface area contributed by atoms with Crippen molar-refractivity contribution in [3.8, 4) is 5.75 Å². The Bertz CT molecular complexity index is 709. The third-order valence-corrected chi connectivity index (χ3v) is 4.04. The number of amides is 2. The first-order valence-corrected chi connectivity index (χ1v) is 8.46. The lowest BCUT2D eigenvalue weighted by Crippen LogP contribution is -2.54. The summed E-state index contributed by atoms with van der Waals surface area (Å²) in [6.07, 6.45) is 5.05. The molecular weight excluding hydrogens is 336 g/mol. The predicted octanol–water partition coefficient (Wildman–Crippen LogP) is 1.86. The molecule has 1 aliphatic heterocycles. The molecule has 140 valence electrons. The van der Waals surface area contributed by atoms with E-state index in [0.29, 0.717) is 23.0 Å². The molecule has 1 aromatic carbocycles. The smallest absolute Gasteiger partial charge is 0.294 e. The topological polar surface area (TPSA) is 99.1 Å². The highest BCUT2D eigenvalue weighted by Gasteiger charge is 2.33. The molecular formula is C19H24N2O5. The molecule has 1 atom stereocenters. The van der Waals surface area contributed by atoms with Crippen LogP contribution < -0.4 is 10.1 Å². The van der Waals surface area contributed by atoms with Crippen LogP contribution in [0.25, 0.3) is 6.08 Å². The zero-order valence-electron chi connectivity index (χ0n) is 14.9. The summed E-state index contributed by atoms with van der Waals surface area (Å²) in [4.78, 5) is 23.7. The Kier molecular flexibility index (Phi) is 6.94. The lowest BCUT2D eigenvalue weighted by molar-refractivity contribution is -0.178. The maximum Gasteiger partial charge on any atom is 0.294 e. The molecule has 1 fully saturated rings. The Morgan fingerprint density at radius 3 is 2.65 bits per heavy atom. The van der Waals surface area contributed by atoms with Gasteiger partial charge in [-0.1, -0.05) is 17.7 Å². The van der Waals surface area contributed by atoms with Gasteiger partial charge in [0, 0.05) is 6.61 Å². The minimum atomic E-state index is -0.913. The van der Waals surface area contributed by atoms with Crippen molar-refractivity contribution in [3.05, 3.63) is 47.2 Å². The second-order valence-corrected chi connectivity index (χ2v) is 6.13. The van der Waals surface area contributed by atoms with Gasteiger partial charge in [0.1, 0.15) is 24.1 Å². The van der Waals surface area contributed by atoms with Gasteiger partial charge in [0.2, 0.25) is 5.91 Å². The van der Waals surface area contributed by atoms with Crippen LogP contribution in [-0.2, 0) is 9.59 Å². The summed E-state index contributed by atoms with van der Waals surface area (Å²) in [5, 5.41) is 21.4. The van der Waals surface area contributed by atoms with E-state index in [4.69, 9.17) is 9.84 Å². The molecule has 0 unspecified atom stereocenters. The number of nitrogens with one attached hydrogen (secondary N) is 1. The number of piperazine rings is 1. The van der Waals surface area contributed by atoms with E-state index in [9.17, 15) is 14.8 Å². The van der Waals surface area contributed by atoms with Crippen molar-refractivity contribution in [2.45, 2.75) is 32.7 Å². The van der Waals surface area contributed by atoms with Crippen LogP contribution in [0.1, 0.15) is 32.3 Å². The van der Waals surface area contributed by atoms with Crippen molar-refractivity contribution < 1.29 is 24.6 Å². The lowest BCUT2D eigenvalue weighted by Gasteiger charge is -2.28. The number of carbonyl (C=O) groups excluding carboxylic acids is 2. The fourth-order valence-electron chi connectivity index (χ4n) is 2.37. The van der Waals surface area contributed by atoms with Gasteiger partial charge in [0.05, 0.1) is 0 Å². The molecule has 0 aliphatic carbocycles. The van der Waals surface area contributed by atoms with Crippen LogP contribution in [0, 0.1) is 0 Å². The standard InChI is InChI=1S/C19H24N2O5/c1-13(4-3-10-22)9-11-26-16-7-5-15(6-8-16)12-17-19(24)21(25)14(2)18(23)20-17/h5-9,12,14,22,25H,3-4,10-11H2,1-2H3,(H,20,23)/t14-/m0/s1. The maximum atomic E-state index is 12.0. The van der Waals surface area contributed by atoms with Crippen LogP contribution in [-0.4, -0.2) is 46.4 Å². The average molecular weight is 360 g/mol. The zero-order valence-corrected chi connectivity index (χ0v) is 14.9. The van der Waals surface area contributed by atoms with Crippen LogP contribution >= 0.6 is 0 Å². The number of nitrogens with zero attached hydrogens (tertiary/aromatic N) is 1. The normalized spacial score (nSPS) is 19.7. The molecule has 2 rings (SSSR count). The van der Waals surface area contributed by atoms with Crippen LogP contribution in [0.15, 0.2) is 41.6 Å². The summed E-state index contributed by atoms with van der Waals surface area (Å²) in [6.45, 7) is 4.05. The Hall–Kier alpha value is -2.64. The molecule has 1 aliphatic rings. The molecule has 0 spiro atoms. The van der Waals surface area contributed by atoms with Crippen molar-refractivity contribution in [3.63, 3.8) is 0 Å². The number of aliphatic hydroxyl groups excluding tert-OH is 1. The minimum Gasteiger partial charge on any atom is -0.490 e. The SMILES string of the molecule is CC(=CCOc1ccc(C=C2NC(=O)[C@H](C)N(O)C2=O)cc1)CCCO. The number of hydrogen-bond acceptors (Lipinski definition) is 5. The van der Waals surface area contributed by atoms with Gasteiger partial charge in [0.15, 0.2) is 0 Å². The van der Waals surface area contributed by atoms with Gasteiger partial charge in [-0.3, -0.25) is 14.8 Å². The zero-order chi connectivity index (χ0) is 19.1. The molecule has 1 heterocycles. The number of hydrogen-bond donors (Lipinski definition) is 3. The van der Waals surface area contributed by atoms with E-state index in [1.54, 1.807) is 24.3 Å². The summed E-state index contributed by atoms with van der Waals surface area (Å²) in [6, 6.07) is 6.12. The Balaban J connectivity index is 1.97. The van der Waals surface area contributed by atoms with E-state index >= 15 is 0 Å². The first-order chi connectivity index (χ1) is 12.4. The molecule has 3 N–H and O–H groups in total. The Morgan fingerprint density at radius 2 is 2.00 bits per heavy atom. The first-order valence-electron chi connectivity index (χ1n) is 8.46. The highest BCUT2D eigenvalue weighted by molar-refractivity contribution is 6.06. The molecule has 2 amide bonds. The van der Waals surface area contributed by atoms with Gasteiger partial charge in [-0.2, -0.15) is 0 Å². The number of carbonyl (C=O) groups is 2. The van der Waals surface area contributed by atoms with Gasteiger partial charge in [-0.15, -0.1) is 0 Å². The van der Waals surface area contributed by atoms with Gasteiger partial charge >= 0.3 is 0 Å². The van der Waals surface area contributed by atoms with Crippen molar-refractivity contribution in [1.29, 1.82) is 0 Å². The van der Waals surface area contributed by atoms with Crippen LogP contribution in [0.4, 0.5) is 0 Å². The number of hydroxylamine groups is 2. The summed E-state index contributed by atoms with van der Waals surface area (Å²) < 4.78 is 5.63. The number of ether oxygens (including phenoxy) is 1. The summed E-state index contributed by atoms with van der Waals surface area (Å²) in [5.74, 6) is -0.419. The average Bonchev–Trinajstić information content (AvgIpc) is 2.64.